The fourth-order valence-corrected chi connectivity index (χ4v) is 1.49. The molecule has 86 valence electrons. The lowest BCUT2D eigenvalue weighted by atomic mass is 10.1. The highest BCUT2D eigenvalue weighted by Gasteiger charge is 2.03. The lowest BCUT2D eigenvalue weighted by Crippen LogP contribution is -2.22. The number of para-hydroxylation sites is 1. The van der Waals surface area contributed by atoms with E-state index in [1.807, 2.05) is 50.2 Å². The molecule has 1 rings (SSSR count). The molecule has 0 saturated heterocycles. The van der Waals surface area contributed by atoms with Crippen molar-refractivity contribution in [1.82, 2.24) is 5.32 Å². The molecule has 16 heavy (non-hydrogen) atoms. The van der Waals surface area contributed by atoms with Gasteiger partial charge in [0, 0.05) is 26.3 Å². The van der Waals surface area contributed by atoms with E-state index in [1.165, 1.54) is 6.08 Å². The first kappa shape index (κ1) is 12.3. The van der Waals surface area contributed by atoms with Gasteiger partial charge in [-0.25, -0.2) is 0 Å². The van der Waals surface area contributed by atoms with Crippen LogP contribution in [0.25, 0.3) is 0 Å². The largest absolute Gasteiger partial charge is 0.377 e. The Morgan fingerprint density at radius 1 is 1.38 bits per heavy atom. The third-order valence-electron chi connectivity index (χ3n) is 2.24. The summed E-state index contributed by atoms with van der Waals surface area (Å²) in [7, 11) is 3.99. The second-order valence-corrected chi connectivity index (χ2v) is 3.74. The highest BCUT2D eigenvalue weighted by molar-refractivity contribution is 5.87. The van der Waals surface area contributed by atoms with Crippen LogP contribution in [0.15, 0.2) is 36.4 Å². The lowest BCUT2D eigenvalue weighted by molar-refractivity contribution is -0.116. The van der Waals surface area contributed by atoms with Crippen molar-refractivity contribution in [2.24, 2.45) is 0 Å². The van der Waals surface area contributed by atoms with Crippen LogP contribution in [0.2, 0.25) is 0 Å². The van der Waals surface area contributed by atoms with Crippen molar-refractivity contribution in [3.8, 4) is 0 Å². The average molecular weight is 218 g/mol. The number of hydrogen-bond acceptors (Lipinski definition) is 2. The summed E-state index contributed by atoms with van der Waals surface area (Å²) in [6, 6.07) is 8.03. The van der Waals surface area contributed by atoms with Gasteiger partial charge in [-0.1, -0.05) is 24.3 Å². The van der Waals surface area contributed by atoms with Gasteiger partial charge < -0.3 is 10.2 Å². The van der Waals surface area contributed by atoms with Gasteiger partial charge in [0.1, 0.15) is 0 Å². The molecule has 0 aliphatic heterocycles. The molecule has 0 fully saturated rings. The summed E-state index contributed by atoms with van der Waals surface area (Å²) in [6.45, 7) is 2.38. The molecule has 0 radical (unpaired) electrons. The molecule has 0 heterocycles. The molecule has 3 nitrogen and oxygen atoms in total. The maximum absolute atomic E-state index is 11.3. The maximum atomic E-state index is 11.3. The maximum Gasteiger partial charge on any atom is 0.243 e. The van der Waals surface area contributed by atoms with Gasteiger partial charge in [0.15, 0.2) is 0 Å². The molecule has 0 spiro atoms. The number of carbonyl (C=O) groups excluding carboxylic acids is 1. The zero-order valence-electron chi connectivity index (χ0n) is 10.0. The van der Waals surface area contributed by atoms with E-state index in [0.717, 1.165) is 11.3 Å². The van der Waals surface area contributed by atoms with E-state index in [2.05, 4.69) is 5.32 Å². The zero-order valence-corrected chi connectivity index (χ0v) is 10.0. The topological polar surface area (TPSA) is 32.3 Å². The quantitative estimate of drug-likeness (QED) is 0.783. The van der Waals surface area contributed by atoms with Crippen LogP contribution in [0, 0.1) is 0 Å². The number of nitrogens with one attached hydrogen (secondary N) is 1. The number of anilines is 1. The molecule has 1 amide bonds. The SMILES string of the molecule is C/C=C/C(=O)NCc1ccccc1N(C)C. The summed E-state index contributed by atoms with van der Waals surface area (Å²) < 4.78 is 0. The summed E-state index contributed by atoms with van der Waals surface area (Å²) >= 11 is 0. The number of amides is 1. The number of carbonyl (C=O) groups is 1. The molecule has 0 aromatic heterocycles. The fraction of sp³-hybridized carbons (Fsp3) is 0.308. The molecule has 1 N–H and O–H groups in total. The van der Waals surface area contributed by atoms with Gasteiger partial charge in [-0.2, -0.15) is 0 Å². The molecule has 0 bridgehead atoms. The predicted molar refractivity (Wildman–Crippen MR) is 67.4 cm³/mol. The Hall–Kier alpha value is -1.77. The molecule has 1 aromatic carbocycles. The minimum Gasteiger partial charge on any atom is -0.377 e. The third-order valence-corrected chi connectivity index (χ3v) is 2.24. The van der Waals surface area contributed by atoms with Gasteiger partial charge in [0.25, 0.3) is 0 Å². The second-order valence-electron chi connectivity index (χ2n) is 3.74. The highest BCUT2D eigenvalue weighted by Crippen LogP contribution is 2.17. The first-order chi connectivity index (χ1) is 7.65. The first-order valence-electron chi connectivity index (χ1n) is 5.31. The molecule has 1 aromatic rings. The number of rotatable bonds is 4. The Balaban J connectivity index is 2.70. The van der Waals surface area contributed by atoms with Crippen molar-refractivity contribution in [2.75, 3.05) is 19.0 Å². The van der Waals surface area contributed by atoms with E-state index < -0.39 is 0 Å². The standard InChI is InChI=1S/C13H18N2O/c1-4-7-13(16)14-10-11-8-5-6-9-12(11)15(2)3/h4-9H,10H2,1-3H3,(H,14,16)/b7-4+. The number of allylic oxidation sites excluding steroid dienone is 1. The van der Waals surface area contributed by atoms with Crippen molar-refractivity contribution in [3.05, 3.63) is 42.0 Å². The lowest BCUT2D eigenvalue weighted by Gasteiger charge is -2.17. The summed E-state index contributed by atoms with van der Waals surface area (Å²) in [5.74, 6) is -0.0592. The fourth-order valence-electron chi connectivity index (χ4n) is 1.49. The molecule has 0 saturated carbocycles. The molecular formula is C13H18N2O. The summed E-state index contributed by atoms with van der Waals surface area (Å²) in [6.07, 6.45) is 3.26. The van der Waals surface area contributed by atoms with Crippen molar-refractivity contribution >= 4 is 11.6 Å². The van der Waals surface area contributed by atoms with Crippen molar-refractivity contribution < 1.29 is 4.79 Å². The van der Waals surface area contributed by atoms with E-state index in [0.29, 0.717) is 6.54 Å². The van der Waals surface area contributed by atoms with E-state index in [4.69, 9.17) is 0 Å². The van der Waals surface area contributed by atoms with Gasteiger partial charge in [-0.05, 0) is 24.6 Å². The van der Waals surface area contributed by atoms with Gasteiger partial charge in [0.05, 0.1) is 0 Å². The summed E-state index contributed by atoms with van der Waals surface area (Å²) in [5.41, 5.74) is 2.24. The summed E-state index contributed by atoms with van der Waals surface area (Å²) in [5, 5.41) is 2.84. The van der Waals surface area contributed by atoms with Crippen LogP contribution in [0.4, 0.5) is 5.69 Å². The van der Waals surface area contributed by atoms with Crippen LogP contribution >= 0.6 is 0 Å². The Kier molecular flexibility index (Phi) is 4.58. The van der Waals surface area contributed by atoms with E-state index in [9.17, 15) is 4.79 Å². The normalized spacial score (nSPS) is 10.4. The molecule has 3 heteroatoms. The number of hydrogen-bond donors (Lipinski definition) is 1. The minimum absolute atomic E-state index is 0.0592. The monoisotopic (exact) mass is 218 g/mol. The van der Waals surface area contributed by atoms with Crippen LogP contribution in [0.5, 0.6) is 0 Å². The van der Waals surface area contributed by atoms with E-state index >= 15 is 0 Å². The van der Waals surface area contributed by atoms with Crippen LogP contribution < -0.4 is 10.2 Å². The Bertz CT molecular complexity index is 383. The Labute approximate surface area is 96.8 Å². The average Bonchev–Trinajstić information content (AvgIpc) is 2.27. The van der Waals surface area contributed by atoms with Gasteiger partial charge in [-0.15, -0.1) is 0 Å². The number of nitrogens with zero attached hydrogens (tertiary/aromatic N) is 1. The van der Waals surface area contributed by atoms with Gasteiger partial charge >= 0.3 is 0 Å². The van der Waals surface area contributed by atoms with Gasteiger partial charge in [-0.3, -0.25) is 4.79 Å². The van der Waals surface area contributed by atoms with Crippen LogP contribution in [-0.4, -0.2) is 20.0 Å². The first-order valence-corrected chi connectivity index (χ1v) is 5.31. The molecule has 0 atom stereocenters. The predicted octanol–water partition coefficient (Wildman–Crippen LogP) is 1.94. The van der Waals surface area contributed by atoms with E-state index in [-0.39, 0.29) is 5.91 Å². The van der Waals surface area contributed by atoms with Crippen molar-refractivity contribution in [2.45, 2.75) is 13.5 Å². The van der Waals surface area contributed by atoms with Crippen molar-refractivity contribution in [1.29, 1.82) is 0 Å². The third kappa shape index (κ3) is 3.42. The Morgan fingerprint density at radius 2 is 2.06 bits per heavy atom. The smallest absolute Gasteiger partial charge is 0.243 e. The molecular weight excluding hydrogens is 200 g/mol. The molecule has 0 aliphatic carbocycles. The minimum atomic E-state index is -0.0592. The number of benzene rings is 1. The van der Waals surface area contributed by atoms with E-state index in [1.54, 1.807) is 6.08 Å². The van der Waals surface area contributed by atoms with Crippen molar-refractivity contribution in [3.63, 3.8) is 0 Å². The molecule has 0 unspecified atom stereocenters. The second kappa shape index (κ2) is 5.95. The highest BCUT2D eigenvalue weighted by atomic mass is 16.1. The molecule has 0 aliphatic rings. The van der Waals surface area contributed by atoms with Crippen LogP contribution in [0.3, 0.4) is 0 Å². The van der Waals surface area contributed by atoms with Gasteiger partial charge in [0.2, 0.25) is 5.91 Å². The zero-order chi connectivity index (χ0) is 12.0. The summed E-state index contributed by atoms with van der Waals surface area (Å²) in [4.78, 5) is 13.3. The van der Waals surface area contributed by atoms with Crippen LogP contribution in [-0.2, 0) is 11.3 Å². The van der Waals surface area contributed by atoms with Crippen LogP contribution in [0.1, 0.15) is 12.5 Å². The Morgan fingerprint density at radius 3 is 2.69 bits per heavy atom.